The molecular formula is C30H35NO4. The molecule has 2 fully saturated rings. The van der Waals surface area contributed by atoms with E-state index in [0.717, 1.165) is 31.2 Å². The molecule has 0 N–H and O–H groups in total. The van der Waals surface area contributed by atoms with Gasteiger partial charge in [0.2, 0.25) is 0 Å². The van der Waals surface area contributed by atoms with Gasteiger partial charge in [-0.1, -0.05) is 33.8 Å². The molecule has 2 saturated carbocycles. The summed E-state index contributed by atoms with van der Waals surface area (Å²) in [7, 11) is 0. The number of pyridine rings is 1. The predicted molar refractivity (Wildman–Crippen MR) is 134 cm³/mol. The minimum absolute atomic E-state index is 0.0539. The number of ketones is 1. The Hall–Kier alpha value is -2.69. The maximum atomic E-state index is 13.2. The molecule has 0 bridgehead atoms. The van der Waals surface area contributed by atoms with Crippen molar-refractivity contribution in [3.8, 4) is 17.1 Å². The van der Waals surface area contributed by atoms with Crippen molar-refractivity contribution in [1.29, 1.82) is 0 Å². The number of nitrogens with zero attached hydrogens (tertiary/aromatic N) is 1. The van der Waals surface area contributed by atoms with Crippen LogP contribution < -0.4 is 10.4 Å². The van der Waals surface area contributed by atoms with Gasteiger partial charge in [-0.25, -0.2) is 4.79 Å². The summed E-state index contributed by atoms with van der Waals surface area (Å²) < 4.78 is 12.7. The lowest BCUT2D eigenvalue weighted by molar-refractivity contribution is -0.185. The molecule has 0 radical (unpaired) electrons. The molecule has 35 heavy (non-hydrogen) atoms. The molecule has 0 aromatic carbocycles. The van der Waals surface area contributed by atoms with Gasteiger partial charge in [-0.05, 0) is 67.6 Å². The summed E-state index contributed by atoms with van der Waals surface area (Å²) in [6.07, 6.45) is 10.9. The lowest BCUT2D eigenvalue weighted by atomic mass is 9.38. The van der Waals surface area contributed by atoms with Gasteiger partial charge in [0, 0.05) is 47.7 Å². The summed E-state index contributed by atoms with van der Waals surface area (Å²) in [4.78, 5) is 30.3. The first-order valence-corrected chi connectivity index (χ1v) is 13.0. The summed E-state index contributed by atoms with van der Waals surface area (Å²) >= 11 is 0. The number of carbonyl (C=O) groups excluding carboxylic acids is 1. The normalized spacial score (nSPS) is 37.2. The van der Waals surface area contributed by atoms with E-state index in [-0.39, 0.29) is 21.9 Å². The maximum Gasteiger partial charge on any atom is 0.343 e. The highest BCUT2D eigenvalue weighted by Gasteiger charge is 2.68. The van der Waals surface area contributed by atoms with Crippen LogP contribution in [0.3, 0.4) is 0 Å². The number of aromatic nitrogens is 1. The fourth-order valence-electron chi connectivity index (χ4n) is 8.68. The second-order valence-corrected chi connectivity index (χ2v) is 12.4. The molecule has 1 aliphatic heterocycles. The largest absolute Gasteiger partial charge is 0.481 e. The summed E-state index contributed by atoms with van der Waals surface area (Å²) in [6.45, 7) is 11.3. The summed E-state index contributed by atoms with van der Waals surface area (Å²) in [6, 6.07) is 5.60. The quantitative estimate of drug-likeness (QED) is 0.465. The van der Waals surface area contributed by atoms with Crippen molar-refractivity contribution in [2.24, 2.45) is 28.1 Å². The van der Waals surface area contributed by atoms with Crippen molar-refractivity contribution in [3.05, 3.63) is 58.2 Å². The van der Waals surface area contributed by atoms with Crippen molar-refractivity contribution in [2.45, 2.75) is 78.7 Å². The number of rotatable bonds is 1. The van der Waals surface area contributed by atoms with Crippen LogP contribution in [0.15, 0.2) is 51.5 Å². The Morgan fingerprint density at radius 1 is 1.09 bits per heavy atom. The number of hydrogen-bond acceptors (Lipinski definition) is 5. The van der Waals surface area contributed by atoms with E-state index in [1.807, 2.05) is 18.2 Å². The fraction of sp³-hybridized carbons (Fsp3) is 0.567. The van der Waals surface area contributed by atoms with Crippen molar-refractivity contribution in [3.63, 3.8) is 0 Å². The van der Waals surface area contributed by atoms with Crippen LogP contribution in [0.1, 0.15) is 72.3 Å². The van der Waals surface area contributed by atoms with Crippen LogP contribution in [0.25, 0.3) is 11.3 Å². The van der Waals surface area contributed by atoms with Gasteiger partial charge in [-0.15, -0.1) is 0 Å². The summed E-state index contributed by atoms with van der Waals surface area (Å²) in [5.41, 5.74) is 1.34. The van der Waals surface area contributed by atoms with Crippen molar-refractivity contribution < 1.29 is 13.9 Å². The number of allylic oxidation sites excluding steroid dienone is 1. The Bertz CT molecular complexity index is 1310. The zero-order chi connectivity index (χ0) is 24.8. The van der Waals surface area contributed by atoms with Crippen LogP contribution in [0.2, 0.25) is 0 Å². The van der Waals surface area contributed by atoms with Crippen molar-refractivity contribution >= 4 is 5.78 Å². The fourth-order valence-corrected chi connectivity index (χ4v) is 8.68. The minimum Gasteiger partial charge on any atom is -0.481 e. The lowest BCUT2D eigenvalue weighted by Gasteiger charge is -2.66. The third-order valence-corrected chi connectivity index (χ3v) is 10.7. The SMILES string of the molecule is CC1=CC[C@@H]2[C@@]3(C)CCC(=O)C(C)(C)[C@@H]3CC[C@@]2(C)[C@]12Cc1c(cc(-c3cccnc3)oc1=O)O2. The second-order valence-electron chi connectivity index (χ2n) is 12.4. The number of carbonyl (C=O) groups is 1. The number of ether oxygens (including phenoxy) is 1. The summed E-state index contributed by atoms with van der Waals surface area (Å²) in [5.74, 6) is 2.28. The molecule has 4 aliphatic rings. The third-order valence-electron chi connectivity index (χ3n) is 10.7. The molecule has 5 heteroatoms. The van der Waals surface area contributed by atoms with Gasteiger partial charge in [0.15, 0.2) is 0 Å². The number of fused-ring (bicyclic) bond motifs is 5. The van der Waals surface area contributed by atoms with Crippen LogP contribution in [-0.2, 0) is 11.2 Å². The highest BCUT2D eigenvalue weighted by molar-refractivity contribution is 5.85. The lowest BCUT2D eigenvalue weighted by Crippen LogP contribution is -2.66. The Labute approximate surface area is 207 Å². The van der Waals surface area contributed by atoms with Crippen LogP contribution >= 0.6 is 0 Å². The van der Waals surface area contributed by atoms with Crippen molar-refractivity contribution in [1.82, 2.24) is 4.98 Å². The first kappa shape index (κ1) is 22.8. The van der Waals surface area contributed by atoms with Crippen LogP contribution in [-0.4, -0.2) is 16.4 Å². The Morgan fingerprint density at radius 2 is 1.89 bits per heavy atom. The van der Waals surface area contributed by atoms with E-state index in [4.69, 9.17) is 9.15 Å². The van der Waals surface area contributed by atoms with Gasteiger partial charge in [0.05, 0.1) is 5.56 Å². The topological polar surface area (TPSA) is 69.4 Å². The molecule has 0 amide bonds. The molecule has 1 spiro atoms. The molecule has 3 heterocycles. The average Bonchev–Trinajstić information content (AvgIpc) is 3.23. The third kappa shape index (κ3) is 2.84. The molecule has 0 unspecified atom stereocenters. The second kappa shape index (κ2) is 7.18. The van der Waals surface area contributed by atoms with Gasteiger partial charge in [-0.2, -0.15) is 0 Å². The van der Waals surface area contributed by atoms with Crippen LogP contribution in [0.4, 0.5) is 0 Å². The Balaban J connectivity index is 1.44. The Kier molecular flexibility index (Phi) is 4.67. The highest BCUT2D eigenvalue weighted by Crippen LogP contribution is 2.70. The van der Waals surface area contributed by atoms with Crippen LogP contribution in [0.5, 0.6) is 5.75 Å². The molecule has 5 nitrogen and oxygen atoms in total. The van der Waals surface area contributed by atoms with E-state index >= 15 is 0 Å². The van der Waals surface area contributed by atoms with Crippen LogP contribution in [0, 0.1) is 28.1 Å². The van der Waals surface area contributed by atoms with E-state index < -0.39 is 5.60 Å². The number of hydrogen-bond donors (Lipinski definition) is 0. The zero-order valence-electron chi connectivity index (χ0n) is 21.4. The molecule has 3 aliphatic carbocycles. The zero-order valence-corrected chi connectivity index (χ0v) is 21.4. The van der Waals surface area contributed by atoms with Crippen molar-refractivity contribution in [2.75, 3.05) is 0 Å². The van der Waals surface area contributed by atoms with Gasteiger partial charge >= 0.3 is 5.63 Å². The maximum absolute atomic E-state index is 13.2. The number of Topliss-reactive ketones (excluding diaryl/α,β-unsaturated/α-hetero) is 1. The molecule has 6 rings (SSSR count). The first-order valence-electron chi connectivity index (χ1n) is 13.0. The first-order chi connectivity index (χ1) is 16.5. The van der Waals surface area contributed by atoms with E-state index in [1.54, 1.807) is 12.4 Å². The van der Waals surface area contributed by atoms with Gasteiger partial charge in [0.1, 0.15) is 22.9 Å². The van der Waals surface area contributed by atoms with Gasteiger partial charge in [-0.3, -0.25) is 9.78 Å². The molecule has 2 aromatic rings. The molecular weight excluding hydrogens is 438 g/mol. The molecule has 5 atom stereocenters. The van der Waals surface area contributed by atoms with E-state index in [1.165, 1.54) is 5.57 Å². The van der Waals surface area contributed by atoms with Gasteiger partial charge < -0.3 is 9.15 Å². The summed E-state index contributed by atoms with van der Waals surface area (Å²) in [5, 5.41) is 0. The average molecular weight is 474 g/mol. The van der Waals surface area contributed by atoms with E-state index in [2.05, 4.69) is 45.7 Å². The van der Waals surface area contributed by atoms with Gasteiger partial charge in [0.25, 0.3) is 0 Å². The standard InChI is InChI=1S/C30H35NO4/c1-18-8-9-24-28(4)12-11-25(32)27(2,3)23(28)10-13-29(24,5)30(18)16-20-22(35-30)15-21(34-26(20)33)19-7-6-14-31-17-19/h6-8,14-15,17,23-24H,9-13,16H2,1-5H3/t23-,24+,28-,29+,30-/m0/s1. The predicted octanol–water partition coefficient (Wildman–Crippen LogP) is 6.15. The van der Waals surface area contributed by atoms with E-state index in [0.29, 0.717) is 47.5 Å². The highest BCUT2D eigenvalue weighted by atomic mass is 16.5. The monoisotopic (exact) mass is 473 g/mol. The smallest absolute Gasteiger partial charge is 0.343 e. The molecule has 0 saturated heterocycles. The molecule has 2 aromatic heterocycles. The Morgan fingerprint density at radius 3 is 2.63 bits per heavy atom. The minimum atomic E-state index is -0.569. The molecule has 184 valence electrons. The van der Waals surface area contributed by atoms with E-state index in [9.17, 15) is 9.59 Å².